The van der Waals surface area contributed by atoms with Crippen LogP contribution in [-0.2, 0) is 21.7 Å². The van der Waals surface area contributed by atoms with E-state index in [9.17, 15) is 0 Å². The normalized spacial score (nSPS) is 16.1. The van der Waals surface area contributed by atoms with Gasteiger partial charge in [0.15, 0.2) is 0 Å². The summed E-state index contributed by atoms with van der Waals surface area (Å²) in [5, 5.41) is 4.75. The molecule has 2 aromatic heterocycles. The van der Waals surface area contributed by atoms with Gasteiger partial charge in [0.1, 0.15) is 22.3 Å². The molecule has 0 radical (unpaired) electrons. The number of furan rings is 2. The fourth-order valence-electron chi connectivity index (χ4n) is 15.2. The zero-order chi connectivity index (χ0) is 51.5. The van der Waals surface area contributed by atoms with Crippen molar-refractivity contribution in [2.45, 2.75) is 84.0 Å². The molecule has 0 amide bonds. The standard InChI is InChI=1S/C73H57NO2/c1-40-20-10-11-21-44(40)52-39-58-61(63-50-24-14-18-28-59(50)75-68(52)63)48-34-31-42(37-56(48)71(58,4)5)74(41-30-33-46-45-22-12-16-26-53(45)70(2,3)55(46)36-41)43-32-35-49-57(38-43)73(8,9)67-65(49)69-64(51-25-15-19-29-60(51)76-69)62-47-23-13-17-27-54(47)72(6,7)66(62)67/h10-39H,1-9H3. The molecule has 0 bridgehead atoms. The van der Waals surface area contributed by atoms with E-state index in [2.05, 4.69) is 249 Å². The zero-order valence-corrected chi connectivity index (χ0v) is 44.6. The lowest BCUT2D eigenvalue weighted by Crippen LogP contribution is -2.24. The van der Waals surface area contributed by atoms with E-state index in [4.69, 9.17) is 8.83 Å². The van der Waals surface area contributed by atoms with Crippen LogP contribution in [0.2, 0.25) is 0 Å². The Hall–Kier alpha value is -8.40. The van der Waals surface area contributed by atoms with Gasteiger partial charge in [-0.25, -0.2) is 0 Å². The number of para-hydroxylation sites is 2. The van der Waals surface area contributed by atoms with E-state index in [-0.39, 0.29) is 21.7 Å². The van der Waals surface area contributed by atoms with Gasteiger partial charge in [-0.1, -0.05) is 183 Å². The van der Waals surface area contributed by atoms with Crippen LogP contribution in [-0.4, -0.2) is 0 Å². The fourth-order valence-corrected chi connectivity index (χ4v) is 15.2. The van der Waals surface area contributed by atoms with Crippen LogP contribution >= 0.6 is 0 Å². The van der Waals surface area contributed by atoms with Crippen molar-refractivity contribution in [2.24, 2.45) is 0 Å². The second-order valence-electron chi connectivity index (χ2n) is 24.4. The summed E-state index contributed by atoms with van der Waals surface area (Å²) in [6.07, 6.45) is 0. The predicted octanol–water partition coefficient (Wildman–Crippen LogP) is 20.2. The van der Waals surface area contributed by atoms with Gasteiger partial charge in [-0.2, -0.15) is 0 Å². The van der Waals surface area contributed by atoms with Gasteiger partial charge in [0.05, 0.1) is 0 Å². The van der Waals surface area contributed by atoms with Crippen LogP contribution in [0.4, 0.5) is 17.1 Å². The van der Waals surface area contributed by atoms with Crippen molar-refractivity contribution < 1.29 is 8.83 Å². The van der Waals surface area contributed by atoms with E-state index in [0.29, 0.717) is 0 Å². The van der Waals surface area contributed by atoms with E-state index < -0.39 is 0 Å². The van der Waals surface area contributed by atoms with Crippen molar-refractivity contribution in [1.82, 2.24) is 0 Å². The second kappa shape index (κ2) is 14.5. The van der Waals surface area contributed by atoms with Gasteiger partial charge >= 0.3 is 0 Å². The first-order valence-electron chi connectivity index (χ1n) is 27.2. The summed E-state index contributed by atoms with van der Waals surface area (Å²) in [7, 11) is 0. The highest BCUT2D eigenvalue weighted by Gasteiger charge is 2.49. The Labute approximate surface area is 444 Å². The number of nitrogens with zero attached hydrogens (tertiary/aromatic N) is 1. The minimum Gasteiger partial charge on any atom is -0.455 e. The lowest BCUT2D eigenvalue weighted by atomic mass is 9.72. The average molecular weight is 980 g/mol. The van der Waals surface area contributed by atoms with Crippen LogP contribution in [0.15, 0.2) is 191 Å². The Balaban J connectivity index is 0.935. The van der Waals surface area contributed by atoms with Gasteiger partial charge in [0.25, 0.3) is 0 Å². The Morgan fingerprint density at radius 1 is 0.316 bits per heavy atom. The molecule has 0 atom stereocenters. The molecular formula is C73H57NO2. The van der Waals surface area contributed by atoms with Crippen LogP contribution < -0.4 is 4.90 Å². The van der Waals surface area contributed by atoms with Crippen molar-refractivity contribution >= 4 is 60.9 Å². The molecule has 16 rings (SSSR count). The number of benzene rings is 10. The van der Waals surface area contributed by atoms with E-state index in [1.54, 1.807) is 0 Å². The summed E-state index contributed by atoms with van der Waals surface area (Å²) in [4.78, 5) is 2.54. The first-order chi connectivity index (χ1) is 36.7. The maximum absolute atomic E-state index is 7.12. The van der Waals surface area contributed by atoms with Crippen molar-refractivity contribution in [3.05, 3.63) is 232 Å². The van der Waals surface area contributed by atoms with Crippen LogP contribution in [0.25, 0.3) is 99.5 Å². The molecule has 366 valence electrons. The monoisotopic (exact) mass is 979 g/mol. The maximum Gasteiger partial charge on any atom is 0.144 e. The second-order valence-corrected chi connectivity index (χ2v) is 24.4. The van der Waals surface area contributed by atoms with Gasteiger partial charge in [0.2, 0.25) is 0 Å². The van der Waals surface area contributed by atoms with Gasteiger partial charge in [-0.15, -0.1) is 0 Å². The maximum atomic E-state index is 7.12. The largest absolute Gasteiger partial charge is 0.455 e. The minimum atomic E-state index is -0.362. The lowest BCUT2D eigenvalue weighted by molar-refractivity contribution is 0.600. The number of aryl methyl sites for hydroxylation is 1. The van der Waals surface area contributed by atoms with Crippen molar-refractivity contribution in [2.75, 3.05) is 4.90 Å². The van der Waals surface area contributed by atoms with Gasteiger partial charge in [0, 0.05) is 71.4 Å². The molecule has 4 aliphatic carbocycles. The number of hydrogen-bond donors (Lipinski definition) is 0. The first kappa shape index (κ1) is 43.9. The predicted molar refractivity (Wildman–Crippen MR) is 316 cm³/mol. The molecule has 3 heteroatoms. The van der Waals surface area contributed by atoms with Crippen LogP contribution in [0.1, 0.15) is 105 Å². The third-order valence-electron chi connectivity index (χ3n) is 18.9. The molecule has 10 aromatic carbocycles. The molecule has 0 fully saturated rings. The molecule has 2 heterocycles. The van der Waals surface area contributed by atoms with E-state index in [0.717, 1.165) is 50.3 Å². The fraction of sp³-hybridized carbons (Fsp3) is 0.178. The first-order valence-corrected chi connectivity index (χ1v) is 27.2. The van der Waals surface area contributed by atoms with Crippen LogP contribution in [0.5, 0.6) is 0 Å². The molecule has 0 saturated carbocycles. The van der Waals surface area contributed by atoms with Crippen LogP contribution in [0, 0.1) is 6.92 Å². The molecule has 76 heavy (non-hydrogen) atoms. The number of fused-ring (bicyclic) bond motifs is 22. The molecular weight excluding hydrogens is 923 g/mol. The summed E-state index contributed by atoms with van der Waals surface area (Å²) < 4.78 is 14.0. The van der Waals surface area contributed by atoms with Gasteiger partial charge in [-0.05, 0) is 156 Å². The Morgan fingerprint density at radius 2 is 0.737 bits per heavy atom. The molecule has 0 aliphatic heterocycles. The average Bonchev–Trinajstić information content (AvgIpc) is 4.39. The highest BCUT2D eigenvalue weighted by molar-refractivity contribution is 6.21. The quantitative estimate of drug-likeness (QED) is 0.176. The van der Waals surface area contributed by atoms with Crippen molar-refractivity contribution in [3.63, 3.8) is 0 Å². The molecule has 3 nitrogen and oxygen atoms in total. The third kappa shape index (κ3) is 5.38. The third-order valence-corrected chi connectivity index (χ3v) is 18.9. The molecule has 0 N–H and O–H groups in total. The molecule has 0 spiro atoms. The van der Waals surface area contributed by atoms with Gasteiger partial charge < -0.3 is 13.7 Å². The summed E-state index contributed by atoms with van der Waals surface area (Å²) in [5.41, 5.74) is 30.8. The Bertz CT molecular complexity index is 4600. The van der Waals surface area contributed by atoms with E-state index in [1.165, 1.54) is 116 Å². The minimum absolute atomic E-state index is 0.174. The smallest absolute Gasteiger partial charge is 0.144 e. The van der Waals surface area contributed by atoms with Crippen molar-refractivity contribution in [1.29, 1.82) is 0 Å². The summed E-state index contributed by atoms with van der Waals surface area (Å²) in [6, 6.07) is 68.2. The Kier molecular flexibility index (Phi) is 8.38. The van der Waals surface area contributed by atoms with Crippen LogP contribution in [0.3, 0.4) is 0 Å². The number of hydrogen-bond acceptors (Lipinski definition) is 3. The highest BCUT2D eigenvalue weighted by atomic mass is 16.3. The lowest BCUT2D eigenvalue weighted by Gasteiger charge is -2.32. The van der Waals surface area contributed by atoms with Crippen molar-refractivity contribution in [3.8, 4) is 55.6 Å². The highest BCUT2D eigenvalue weighted by Crippen LogP contribution is 2.64. The van der Waals surface area contributed by atoms with E-state index in [1.807, 2.05) is 0 Å². The summed E-state index contributed by atoms with van der Waals surface area (Å²) >= 11 is 0. The number of rotatable bonds is 4. The summed E-state index contributed by atoms with van der Waals surface area (Å²) in [5.74, 6) is 0. The SMILES string of the molecule is Cc1ccccc1-c1cc2c(c3c1oc1ccccc13)-c1ccc(N(c3ccc4c(c3)C(C)(C)c3ccccc3-4)c3ccc4c(c3)C(C)(C)c3c5c(c6c(oc7ccccc76)c3-4)-c3ccccc3C5(C)C)cc1C2(C)C. The number of anilines is 3. The molecule has 4 aliphatic rings. The molecule has 0 unspecified atom stereocenters. The summed E-state index contributed by atoms with van der Waals surface area (Å²) in [6.45, 7) is 21.6. The Morgan fingerprint density at radius 3 is 1.38 bits per heavy atom. The topological polar surface area (TPSA) is 29.5 Å². The van der Waals surface area contributed by atoms with E-state index >= 15 is 0 Å². The van der Waals surface area contributed by atoms with Gasteiger partial charge in [-0.3, -0.25) is 0 Å². The zero-order valence-electron chi connectivity index (χ0n) is 44.6. The molecule has 12 aromatic rings. The molecule has 0 saturated heterocycles.